The Morgan fingerprint density at radius 3 is 2.12 bits per heavy atom. The minimum atomic E-state index is -3.50. The monoisotopic (exact) mass is 497 g/mol. The molecule has 11 heteroatoms. The van der Waals surface area contributed by atoms with Crippen LogP contribution in [0.2, 0.25) is 0 Å². The van der Waals surface area contributed by atoms with E-state index in [-0.39, 0.29) is 18.0 Å². The Labute approximate surface area is 203 Å². The van der Waals surface area contributed by atoms with Gasteiger partial charge in [-0.3, -0.25) is 4.79 Å². The molecule has 0 unspecified atom stereocenters. The van der Waals surface area contributed by atoms with Crippen LogP contribution in [-0.2, 0) is 14.9 Å². The number of aromatic nitrogens is 1. The summed E-state index contributed by atoms with van der Waals surface area (Å²) in [6.07, 6.45) is 3.10. The number of hydrogen-bond acceptors (Lipinski definition) is 5. The second-order valence-corrected chi connectivity index (χ2v) is 11.7. The van der Waals surface area contributed by atoms with Crippen molar-refractivity contribution in [2.75, 3.05) is 52.4 Å². The first-order valence-corrected chi connectivity index (χ1v) is 13.6. The molecule has 0 N–H and O–H groups in total. The number of piperazine rings is 1. The summed E-state index contributed by atoms with van der Waals surface area (Å²) in [4.78, 5) is 29.1. The summed E-state index contributed by atoms with van der Waals surface area (Å²) >= 11 is 0. The fourth-order valence-electron chi connectivity index (χ4n) is 4.54. The van der Waals surface area contributed by atoms with E-state index in [1.54, 1.807) is 9.80 Å². The summed E-state index contributed by atoms with van der Waals surface area (Å²) in [6, 6.07) is 3.81. The van der Waals surface area contributed by atoms with Gasteiger partial charge in [-0.1, -0.05) is 13.8 Å². The van der Waals surface area contributed by atoms with Gasteiger partial charge in [-0.25, -0.2) is 4.79 Å². The van der Waals surface area contributed by atoms with E-state index in [0.717, 1.165) is 12.8 Å². The van der Waals surface area contributed by atoms with Crippen LogP contribution < -0.4 is 0 Å². The zero-order valence-electron chi connectivity index (χ0n) is 21.1. The molecule has 0 atom stereocenters. The largest absolute Gasteiger partial charge is 0.444 e. The standard InChI is InChI=1S/C23H39N5O5S/c1-6-26(7-2)34(31,32)27-17-15-24(16-18-27)21(29)20-9-8-12-28(20)19-10-13-25(14-11-19)22(30)33-23(3,4)5/h8-9,12,19H,6-7,10-11,13-18H2,1-5H3. The highest BCUT2D eigenvalue weighted by Gasteiger charge is 2.34. The predicted octanol–water partition coefficient (Wildman–Crippen LogP) is 2.40. The average molecular weight is 498 g/mol. The van der Waals surface area contributed by atoms with E-state index in [4.69, 9.17) is 4.74 Å². The van der Waals surface area contributed by atoms with E-state index < -0.39 is 15.8 Å². The zero-order valence-corrected chi connectivity index (χ0v) is 21.9. The Balaban J connectivity index is 1.59. The maximum Gasteiger partial charge on any atom is 0.410 e. The van der Waals surface area contributed by atoms with Crippen molar-refractivity contribution >= 4 is 22.2 Å². The SMILES string of the molecule is CCN(CC)S(=O)(=O)N1CCN(C(=O)c2cccn2C2CCN(C(=O)OC(C)(C)C)CC2)CC1. The molecule has 1 aromatic heterocycles. The van der Waals surface area contributed by atoms with Crippen molar-refractivity contribution in [2.24, 2.45) is 0 Å². The minimum Gasteiger partial charge on any atom is -0.444 e. The fraction of sp³-hybridized carbons (Fsp3) is 0.739. The van der Waals surface area contributed by atoms with E-state index >= 15 is 0 Å². The number of ether oxygens (including phenoxy) is 1. The van der Waals surface area contributed by atoms with Gasteiger partial charge in [-0.2, -0.15) is 17.0 Å². The molecule has 2 fully saturated rings. The topological polar surface area (TPSA) is 95.4 Å². The van der Waals surface area contributed by atoms with Crippen LogP contribution in [-0.4, -0.2) is 101 Å². The normalized spacial score (nSPS) is 19.0. The molecular weight excluding hydrogens is 458 g/mol. The van der Waals surface area contributed by atoms with Gasteiger partial charge in [0.15, 0.2) is 0 Å². The molecule has 1 aromatic rings. The van der Waals surface area contributed by atoms with Crippen LogP contribution in [0, 0.1) is 0 Å². The molecule has 3 rings (SSSR count). The number of nitrogens with zero attached hydrogens (tertiary/aromatic N) is 5. The molecule has 192 valence electrons. The van der Waals surface area contributed by atoms with Crippen molar-refractivity contribution in [3.05, 3.63) is 24.0 Å². The molecule has 2 amide bonds. The van der Waals surface area contributed by atoms with Crippen molar-refractivity contribution in [2.45, 2.75) is 59.1 Å². The molecule has 2 aliphatic rings. The Bertz CT molecular complexity index is 951. The third-order valence-electron chi connectivity index (χ3n) is 6.39. The number of carbonyl (C=O) groups excluding carboxylic acids is 2. The van der Waals surface area contributed by atoms with Gasteiger partial charge in [0, 0.05) is 64.6 Å². The summed E-state index contributed by atoms with van der Waals surface area (Å²) in [5.74, 6) is -0.0838. The number of hydrogen-bond donors (Lipinski definition) is 0. The summed E-state index contributed by atoms with van der Waals surface area (Å²) in [7, 11) is -3.50. The van der Waals surface area contributed by atoms with E-state index in [9.17, 15) is 18.0 Å². The molecule has 2 saturated heterocycles. The van der Waals surface area contributed by atoms with Crippen molar-refractivity contribution in [3.63, 3.8) is 0 Å². The molecule has 3 heterocycles. The van der Waals surface area contributed by atoms with E-state index in [2.05, 4.69) is 0 Å². The molecule has 34 heavy (non-hydrogen) atoms. The van der Waals surface area contributed by atoms with Crippen molar-refractivity contribution < 1.29 is 22.7 Å². The lowest BCUT2D eigenvalue weighted by Crippen LogP contribution is -2.54. The molecule has 0 aromatic carbocycles. The summed E-state index contributed by atoms with van der Waals surface area (Å²) in [5, 5.41) is 0. The lowest BCUT2D eigenvalue weighted by molar-refractivity contribution is 0.0186. The summed E-state index contributed by atoms with van der Waals surface area (Å²) in [5.41, 5.74) is 0.0821. The fourth-order valence-corrected chi connectivity index (χ4v) is 6.15. The minimum absolute atomic E-state index is 0.0838. The van der Waals surface area contributed by atoms with Gasteiger partial charge >= 0.3 is 6.09 Å². The molecule has 2 aliphatic heterocycles. The molecule has 10 nitrogen and oxygen atoms in total. The van der Waals surface area contributed by atoms with Crippen LogP contribution in [0.25, 0.3) is 0 Å². The van der Waals surface area contributed by atoms with E-state index in [0.29, 0.717) is 58.1 Å². The highest BCUT2D eigenvalue weighted by molar-refractivity contribution is 7.86. The van der Waals surface area contributed by atoms with Crippen LogP contribution in [0.4, 0.5) is 4.79 Å². The Morgan fingerprint density at radius 1 is 1.00 bits per heavy atom. The van der Waals surface area contributed by atoms with Gasteiger partial charge < -0.3 is 19.1 Å². The lowest BCUT2D eigenvalue weighted by atomic mass is 10.0. The smallest absolute Gasteiger partial charge is 0.410 e. The van der Waals surface area contributed by atoms with Crippen molar-refractivity contribution in [3.8, 4) is 0 Å². The zero-order chi connectivity index (χ0) is 25.1. The van der Waals surface area contributed by atoms with E-state index in [1.165, 1.54) is 8.61 Å². The molecule has 0 bridgehead atoms. The summed E-state index contributed by atoms with van der Waals surface area (Å²) in [6.45, 7) is 12.5. The van der Waals surface area contributed by atoms with Crippen molar-refractivity contribution in [1.29, 1.82) is 0 Å². The highest BCUT2D eigenvalue weighted by atomic mass is 32.2. The van der Waals surface area contributed by atoms with Crippen LogP contribution in [0.3, 0.4) is 0 Å². The average Bonchev–Trinajstić information content (AvgIpc) is 3.28. The number of likely N-dealkylation sites (tertiary alicyclic amines) is 1. The summed E-state index contributed by atoms with van der Waals surface area (Å²) < 4.78 is 35.9. The molecular formula is C23H39N5O5S. The lowest BCUT2D eigenvalue weighted by Gasteiger charge is -2.37. The number of carbonyl (C=O) groups is 2. The maximum atomic E-state index is 13.3. The predicted molar refractivity (Wildman–Crippen MR) is 130 cm³/mol. The first-order chi connectivity index (χ1) is 16.0. The van der Waals surface area contributed by atoms with Gasteiger partial charge in [0.05, 0.1) is 0 Å². The van der Waals surface area contributed by atoms with Gasteiger partial charge in [-0.15, -0.1) is 0 Å². The highest BCUT2D eigenvalue weighted by Crippen LogP contribution is 2.26. The van der Waals surface area contributed by atoms with Crippen LogP contribution in [0.5, 0.6) is 0 Å². The molecule has 0 radical (unpaired) electrons. The van der Waals surface area contributed by atoms with Crippen LogP contribution in [0.1, 0.15) is 64.0 Å². The number of amides is 2. The third kappa shape index (κ3) is 5.92. The molecule has 0 saturated carbocycles. The van der Waals surface area contributed by atoms with Gasteiger partial charge in [-0.05, 0) is 45.7 Å². The van der Waals surface area contributed by atoms with E-state index in [1.807, 2.05) is 57.5 Å². The first kappa shape index (κ1) is 26.5. The quantitative estimate of drug-likeness (QED) is 0.602. The molecule has 0 aliphatic carbocycles. The Hall–Kier alpha value is -2.11. The number of piperidine rings is 1. The maximum absolute atomic E-state index is 13.3. The Kier molecular flexibility index (Phi) is 8.30. The second kappa shape index (κ2) is 10.7. The van der Waals surface area contributed by atoms with Crippen molar-refractivity contribution in [1.82, 2.24) is 23.0 Å². The van der Waals surface area contributed by atoms with Gasteiger partial charge in [0.2, 0.25) is 0 Å². The first-order valence-electron chi connectivity index (χ1n) is 12.2. The van der Waals surface area contributed by atoms with Gasteiger partial charge in [0.1, 0.15) is 11.3 Å². The molecule has 0 spiro atoms. The van der Waals surface area contributed by atoms with Gasteiger partial charge in [0.25, 0.3) is 16.1 Å². The second-order valence-electron chi connectivity index (χ2n) is 9.78. The number of rotatable bonds is 6. The van der Waals surface area contributed by atoms with Crippen LogP contribution in [0.15, 0.2) is 18.3 Å². The van der Waals surface area contributed by atoms with Crippen LogP contribution >= 0.6 is 0 Å². The Morgan fingerprint density at radius 2 is 1.59 bits per heavy atom. The third-order valence-corrected chi connectivity index (χ3v) is 8.58.